The molecule has 1 aliphatic heterocycles. The molecule has 0 saturated carbocycles. The zero-order valence-corrected chi connectivity index (χ0v) is 21.2. The predicted octanol–water partition coefficient (Wildman–Crippen LogP) is 3.65. The molecule has 0 aliphatic carbocycles. The summed E-state index contributed by atoms with van der Waals surface area (Å²) < 4.78 is 5.33. The van der Waals surface area contributed by atoms with Crippen molar-refractivity contribution in [2.75, 3.05) is 31.6 Å². The molecule has 0 aromatic heterocycles. The molecule has 2 rings (SSSR count). The van der Waals surface area contributed by atoms with Gasteiger partial charge in [-0.1, -0.05) is 24.3 Å². The number of alkyl carbamates (subject to hydrolysis) is 1. The minimum Gasteiger partial charge on any atom is -0.444 e. The van der Waals surface area contributed by atoms with E-state index in [1.807, 2.05) is 34.6 Å². The lowest BCUT2D eigenvalue weighted by Gasteiger charge is -2.29. The smallest absolute Gasteiger partial charge is 0.408 e. The van der Waals surface area contributed by atoms with Crippen LogP contribution in [-0.2, 0) is 11.3 Å². The fraction of sp³-hybridized carbons (Fsp3) is 0.545. The first-order valence-corrected chi connectivity index (χ1v) is 10.0. The van der Waals surface area contributed by atoms with E-state index in [1.165, 1.54) is 11.3 Å². The summed E-state index contributed by atoms with van der Waals surface area (Å²) in [7, 11) is 1.73. The summed E-state index contributed by atoms with van der Waals surface area (Å²) in [6.45, 7) is 12.5. The molecule has 0 bridgehead atoms. The molecule has 0 radical (unpaired) electrons. The second-order valence-corrected chi connectivity index (χ2v) is 8.84. The number of nitrogens with one attached hydrogen (secondary N) is 3. The van der Waals surface area contributed by atoms with Crippen molar-refractivity contribution in [1.82, 2.24) is 16.0 Å². The highest BCUT2D eigenvalue weighted by molar-refractivity contribution is 14.0. The zero-order valence-electron chi connectivity index (χ0n) is 18.9. The number of benzene rings is 1. The number of anilines is 1. The molecule has 8 heteroatoms. The third-order valence-corrected chi connectivity index (χ3v) is 4.31. The molecule has 7 nitrogen and oxygen atoms in total. The molecule has 0 unspecified atom stereocenters. The first-order valence-electron chi connectivity index (χ1n) is 10.0. The Labute approximate surface area is 197 Å². The Bertz CT molecular complexity index is 748. The van der Waals surface area contributed by atoms with Gasteiger partial charge in [0, 0.05) is 38.9 Å². The summed E-state index contributed by atoms with van der Waals surface area (Å²) >= 11 is 0. The maximum absolute atomic E-state index is 12.0. The molecule has 30 heavy (non-hydrogen) atoms. The van der Waals surface area contributed by atoms with Gasteiger partial charge in [-0.25, -0.2) is 4.79 Å². The number of ether oxygens (including phenoxy) is 1. The number of guanidine groups is 1. The monoisotopic (exact) mass is 529 g/mol. The van der Waals surface area contributed by atoms with Crippen LogP contribution in [0.3, 0.4) is 0 Å². The van der Waals surface area contributed by atoms with E-state index >= 15 is 0 Å². The Morgan fingerprint density at radius 2 is 1.80 bits per heavy atom. The lowest BCUT2D eigenvalue weighted by atomic mass is 10.1. The highest BCUT2D eigenvalue weighted by Gasteiger charge is 2.24. The molecule has 1 aromatic carbocycles. The van der Waals surface area contributed by atoms with E-state index in [9.17, 15) is 4.79 Å². The van der Waals surface area contributed by atoms with E-state index in [-0.39, 0.29) is 24.0 Å². The fourth-order valence-electron chi connectivity index (χ4n) is 2.89. The highest BCUT2D eigenvalue weighted by atomic mass is 127. The van der Waals surface area contributed by atoms with E-state index in [0.29, 0.717) is 19.0 Å². The van der Waals surface area contributed by atoms with E-state index in [4.69, 9.17) is 4.74 Å². The molecule has 1 amide bonds. The van der Waals surface area contributed by atoms with Crippen molar-refractivity contribution in [3.05, 3.63) is 42.0 Å². The van der Waals surface area contributed by atoms with Crippen molar-refractivity contribution >= 4 is 41.7 Å². The number of hydrogen-bond donors (Lipinski definition) is 3. The molecule has 0 atom stereocenters. The van der Waals surface area contributed by atoms with Gasteiger partial charge in [-0.15, -0.1) is 24.0 Å². The molecule has 0 fully saturated rings. The van der Waals surface area contributed by atoms with Crippen molar-refractivity contribution in [3.63, 3.8) is 0 Å². The number of rotatable bonds is 6. The summed E-state index contributed by atoms with van der Waals surface area (Å²) in [5.74, 6) is 0.678. The normalized spacial score (nSPS) is 14.2. The average Bonchev–Trinajstić information content (AvgIpc) is 3.14. The molecule has 3 N–H and O–H groups in total. The van der Waals surface area contributed by atoms with Gasteiger partial charge in [-0.3, -0.25) is 4.99 Å². The van der Waals surface area contributed by atoms with Crippen LogP contribution in [0.1, 0.15) is 40.2 Å². The summed E-state index contributed by atoms with van der Waals surface area (Å²) in [6, 6.07) is 8.51. The van der Waals surface area contributed by atoms with Crippen LogP contribution in [0.4, 0.5) is 10.5 Å². The molecule has 168 valence electrons. The summed E-state index contributed by atoms with van der Waals surface area (Å²) in [5, 5.41) is 9.48. The molecular formula is C22H36IN5O2. The van der Waals surface area contributed by atoms with Crippen LogP contribution in [-0.4, -0.2) is 49.9 Å². The van der Waals surface area contributed by atoms with Crippen molar-refractivity contribution in [2.45, 2.75) is 52.3 Å². The maximum atomic E-state index is 12.0. The van der Waals surface area contributed by atoms with Crippen LogP contribution in [0.2, 0.25) is 0 Å². The molecule has 0 saturated heterocycles. The van der Waals surface area contributed by atoms with Crippen LogP contribution >= 0.6 is 24.0 Å². The summed E-state index contributed by atoms with van der Waals surface area (Å²) in [4.78, 5) is 18.6. The van der Waals surface area contributed by atoms with Crippen molar-refractivity contribution < 1.29 is 9.53 Å². The van der Waals surface area contributed by atoms with E-state index in [0.717, 1.165) is 13.1 Å². The van der Waals surface area contributed by atoms with Gasteiger partial charge in [0.15, 0.2) is 5.96 Å². The van der Waals surface area contributed by atoms with E-state index in [2.05, 4.69) is 62.3 Å². The van der Waals surface area contributed by atoms with Crippen LogP contribution in [0.15, 0.2) is 41.4 Å². The molecular weight excluding hydrogens is 493 g/mol. The highest BCUT2D eigenvalue weighted by Crippen LogP contribution is 2.18. The summed E-state index contributed by atoms with van der Waals surface area (Å²) in [6.07, 6.45) is 3.94. The van der Waals surface area contributed by atoms with Crippen molar-refractivity contribution in [3.8, 4) is 0 Å². The number of nitrogens with zero attached hydrogens (tertiary/aromatic N) is 2. The van der Waals surface area contributed by atoms with Gasteiger partial charge in [0.25, 0.3) is 0 Å². The Hall–Kier alpha value is -1.97. The Balaban J connectivity index is 0.00000450. The second kappa shape index (κ2) is 11.4. The Morgan fingerprint density at radius 3 is 2.40 bits per heavy atom. The van der Waals surface area contributed by atoms with Gasteiger partial charge < -0.3 is 25.6 Å². The van der Waals surface area contributed by atoms with Crippen molar-refractivity contribution in [2.24, 2.45) is 4.99 Å². The topological polar surface area (TPSA) is 78.0 Å². The minimum atomic E-state index is -0.523. The molecule has 1 aliphatic rings. The number of hydrogen-bond acceptors (Lipinski definition) is 4. The van der Waals surface area contributed by atoms with Crippen LogP contribution in [0.5, 0.6) is 0 Å². The number of carbonyl (C=O) groups excluding carboxylic acids is 1. The third kappa shape index (κ3) is 9.23. The second-order valence-electron chi connectivity index (χ2n) is 8.84. The van der Waals surface area contributed by atoms with Crippen molar-refractivity contribution in [1.29, 1.82) is 0 Å². The molecule has 1 aromatic rings. The van der Waals surface area contributed by atoms with Crippen LogP contribution < -0.4 is 20.9 Å². The predicted molar refractivity (Wildman–Crippen MR) is 135 cm³/mol. The number of halogens is 1. The molecule has 1 heterocycles. The third-order valence-electron chi connectivity index (χ3n) is 4.31. The quantitative estimate of drug-likeness (QED) is 0.227. The SMILES string of the molecule is CN=C(NCc1cccc(N2CC=CC2)c1)NCC(C)(C)NC(=O)OC(C)(C)C.I. The number of carbonyl (C=O) groups is 1. The van der Waals surface area contributed by atoms with Gasteiger partial charge in [-0.05, 0) is 52.3 Å². The standard InChI is InChI=1S/C22H35N5O2.HI/c1-21(2,3)29-20(28)26-22(4,5)16-25-19(23-6)24-15-17-10-9-11-18(14-17)27-12-7-8-13-27;/h7-11,14H,12-13,15-16H2,1-6H3,(H,26,28)(H2,23,24,25);1H. The Kier molecular flexibility index (Phi) is 9.93. The van der Waals surface area contributed by atoms with Gasteiger partial charge >= 0.3 is 6.09 Å². The van der Waals surface area contributed by atoms with Crippen LogP contribution in [0.25, 0.3) is 0 Å². The lowest BCUT2D eigenvalue weighted by molar-refractivity contribution is 0.0474. The Morgan fingerprint density at radius 1 is 1.13 bits per heavy atom. The van der Waals surface area contributed by atoms with Gasteiger partial charge in [-0.2, -0.15) is 0 Å². The number of aliphatic imine (C=N–C) groups is 1. The van der Waals surface area contributed by atoms with Gasteiger partial charge in [0.2, 0.25) is 0 Å². The van der Waals surface area contributed by atoms with E-state index < -0.39 is 17.2 Å². The van der Waals surface area contributed by atoms with Gasteiger partial charge in [0.1, 0.15) is 5.60 Å². The lowest BCUT2D eigenvalue weighted by Crippen LogP contribution is -2.54. The van der Waals surface area contributed by atoms with E-state index in [1.54, 1.807) is 7.05 Å². The van der Waals surface area contributed by atoms with Crippen LogP contribution in [0, 0.1) is 0 Å². The molecule has 0 spiro atoms. The largest absolute Gasteiger partial charge is 0.444 e. The minimum absolute atomic E-state index is 0. The first kappa shape index (κ1) is 26.1. The van der Waals surface area contributed by atoms with Gasteiger partial charge in [0.05, 0.1) is 5.54 Å². The first-order chi connectivity index (χ1) is 13.6. The maximum Gasteiger partial charge on any atom is 0.408 e. The zero-order chi connectivity index (χ0) is 21.5. The average molecular weight is 529 g/mol. The number of amides is 1. The summed E-state index contributed by atoms with van der Waals surface area (Å²) in [5.41, 5.74) is 1.39. The fourth-order valence-corrected chi connectivity index (χ4v) is 2.89.